The minimum atomic E-state index is -3.45. The van der Waals surface area contributed by atoms with Crippen molar-refractivity contribution in [1.29, 1.82) is 0 Å². The maximum Gasteiger partial charge on any atom is 0.240 e. The van der Waals surface area contributed by atoms with E-state index in [0.717, 1.165) is 30.5 Å². The number of H-pyrrole nitrogens is 1. The van der Waals surface area contributed by atoms with Gasteiger partial charge in [0.1, 0.15) is 0 Å². The first-order valence-electron chi connectivity index (χ1n) is 7.28. The number of benzene rings is 1. The van der Waals surface area contributed by atoms with Crippen LogP contribution < -0.4 is 4.72 Å². The van der Waals surface area contributed by atoms with Crippen molar-refractivity contribution in [2.75, 3.05) is 0 Å². The van der Waals surface area contributed by atoms with Gasteiger partial charge in [-0.25, -0.2) is 13.1 Å². The van der Waals surface area contributed by atoms with Crippen LogP contribution in [0.4, 0.5) is 0 Å². The lowest BCUT2D eigenvalue weighted by atomic mass is 10.0. The van der Waals surface area contributed by atoms with E-state index in [1.807, 2.05) is 37.4 Å². The van der Waals surface area contributed by atoms with E-state index in [9.17, 15) is 8.42 Å². The molecule has 0 saturated heterocycles. The summed E-state index contributed by atoms with van der Waals surface area (Å²) in [6.45, 7) is 1.95. The first-order chi connectivity index (χ1) is 10.1. The molecule has 0 amide bonds. The van der Waals surface area contributed by atoms with Crippen LogP contribution >= 0.6 is 0 Å². The van der Waals surface area contributed by atoms with Gasteiger partial charge in [-0.05, 0) is 44.0 Å². The Bertz CT molecular complexity index is 690. The van der Waals surface area contributed by atoms with Crippen LogP contribution in [0.2, 0.25) is 0 Å². The van der Waals surface area contributed by atoms with Crippen molar-refractivity contribution in [2.24, 2.45) is 0 Å². The van der Waals surface area contributed by atoms with E-state index in [-0.39, 0.29) is 12.0 Å². The zero-order chi connectivity index (χ0) is 14.9. The van der Waals surface area contributed by atoms with E-state index in [1.54, 1.807) is 12.1 Å². The van der Waals surface area contributed by atoms with E-state index >= 15 is 0 Å². The summed E-state index contributed by atoms with van der Waals surface area (Å²) in [5.41, 5.74) is 2.17. The Hall–Kier alpha value is -1.59. The highest BCUT2D eigenvalue weighted by Crippen LogP contribution is 2.34. The van der Waals surface area contributed by atoms with Crippen molar-refractivity contribution in [3.8, 4) is 0 Å². The highest BCUT2D eigenvalue weighted by atomic mass is 32.2. The molecule has 112 valence electrons. The van der Waals surface area contributed by atoms with Gasteiger partial charge in [-0.1, -0.05) is 24.1 Å². The number of aryl methyl sites for hydroxylation is 1. The number of sulfonamides is 1. The molecule has 1 aliphatic rings. The summed E-state index contributed by atoms with van der Waals surface area (Å²) in [6, 6.07) is 10.9. The van der Waals surface area contributed by atoms with E-state index in [2.05, 4.69) is 9.71 Å². The number of aromatic amines is 1. The second-order valence-corrected chi connectivity index (χ2v) is 7.42. The molecule has 2 N–H and O–H groups in total. The van der Waals surface area contributed by atoms with Crippen LogP contribution in [0, 0.1) is 6.92 Å². The predicted molar refractivity (Wildman–Crippen MR) is 82.7 cm³/mol. The van der Waals surface area contributed by atoms with Gasteiger partial charge in [-0.15, -0.1) is 0 Å². The van der Waals surface area contributed by atoms with Gasteiger partial charge in [0.2, 0.25) is 10.0 Å². The van der Waals surface area contributed by atoms with Gasteiger partial charge in [0.05, 0.1) is 4.90 Å². The van der Waals surface area contributed by atoms with E-state index < -0.39 is 10.0 Å². The molecule has 0 radical (unpaired) electrons. The Morgan fingerprint density at radius 2 is 1.90 bits per heavy atom. The Labute approximate surface area is 125 Å². The van der Waals surface area contributed by atoms with Crippen molar-refractivity contribution in [2.45, 2.75) is 43.0 Å². The third-order valence-corrected chi connectivity index (χ3v) is 5.68. The Balaban J connectivity index is 1.80. The van der Waals surface area contributed by atoms with E-state index in [4.69, 9.17) is 0 Å². The van der Waals surface area contributed by atoms with Crippen molar-refractivity contribution < 1.29 is 8.42 Å². The smallest absolute Gasteiger partial charge is 0.240 e. The molecule has 1 heterocycles. The summed E-state index contributed by atoms with van der Waals surface area (Å²) in [5.74, 6) is 0.236. The van der Waals surface area contributed by atoms with Crippen LogP contribution in [0.3, 0.4) is 0 Å². The maximum atomic E-state index is 12.5. The molecule has 0 aliphatic heterocycles. The molecular weight excluding hydrogens is 284 g/mol. The summed E-state index contributed by atoms with van der Waals surface area (Å²) in [5, 5.41) is 0. The minimum Gasteiger partial charge on any atom is -0.365 e. The van der Waals surface area contributed by atoms with E-state index in [0.29, 0.717) is 4.90 Å². The molecule has 1 fully saturated rings. The monoisotopic (exact) mass is 304 g/mol. The van der Waals surface area contributed by atoms with Gasteiger partial charge in [-0.3, -0.25) is 0 Å². The summed E-state index contributed by atoms with van der Waals surface area (Å²) < 4.78 is 27.9. The lowest BCUT2D eigenvalue weighted by Gasteiger charge is -2.20. The zero-order valence-electron chi connectivity index (χ0n) is 12.0. The molecule has 1 aliphatic carbocycles. The third kappa shape index (κ3) is 3.04. The van der Waals surface area contributed by atoms with Gasteiger partial charge in [-0.2, -0.15) is 0 Å². The summed E-state index contributed by atoms with van der Waals surface area (Å²) in [4.78, 5) is 3.55. The molecule has 5 heteroatoms. The maximum absolute atomic E-state index is 12.5. The molecule has 21 heavy (non-hydrogen) atoms. The Kier molecular flexibility index (Phi) is 3.87. The Morgan fingerprint density at radius 3 is 2.57 bits per heavy atom. The Morgan fingerprint density at radius 1 is 1.14 bits per heavy atom. The summed E-state index contributed by atoms with van der Waals surface area (Å²) in [7, 11) is -3.45. The average Bonchev–Trinajstić information content (AvgIpc) is 3.09. The second-order valence-electron chi connectivity index (χ2n) is 5.70. The SMILES string of the molecule is Cc1ccc(S(=O)(=O)N[C@@H]2CCC[C@H]2c2ccc[nH]2)cc1. The molecule has 2 atom stereocenters. The van der Waals surface area contributed by atoms with Crippen LogP contribution in [0.1, 0.15) is 36.4 Å². The molecule has 0 bridgehead atoms. The van der Waals surface area contributed by atoms with Gasteiger partial charge in [0.25, 0.3) is 0 Å². The molecule has 1 aromatic heterocycles. The normalized spacial score (nSPS) is 22.5. The quantitative estimate of drug-likeness (QED) is 0.912. The van der Waals surface area contributed by atoms with Gasteiger partial charge >= 0.3 is 0 Å². The molecule has 0 spiro atoms. The highest BCUT2D eigenvalue weighted by molar-refractivity contribution is 7.89. The van der Waals surface area contributed by atoms with Crippen LogP contribution in [0.5, 0.6) is 0 Å². The fraction of sp³-hybridized carbons (Fsp3) is 0.375. The number of hydrogen-bond donors (Lipinski definition) is 2. The average molecular weight is 304 g/mol. The largest absolute Gasteiger partial charge is 0.365 e. The lowest BCUT2D eigenvalue weighted by molar-refractivity contribution is 0.521. The molecule has 3 rings (SSSR count). The first-order valence-corrected chi connectivity index (χ1v) is 8.77. The van der Waals surface area contributed by atoms with Crippen molar-refractivity contribution in [3.63, 3.8) is 0 Å². The molecule has 1 aromatic carbocycles. The topological polar surface area (TPSA) is 62.0 Å². The summed E-state index contributed by atoms with van der Waals surface area (Å²) in [6.07, 6.45) is 4.83. The first kappa shape index (κ1) is 14.4. The van der Waals surface area contributed by atoms with Crippen LogP contribution in [-0.4, -0.2) is 19.4 Å². The van der Waals surface area contributed by atoms with Crippen molar-refractivity contribution in [1.82, 2.24) is 9.71 Å². The number of hydrogen-bond acceptors (Lipinski definition) is 2. The van der Waals surface area contributed by atoms with Crippen LogP contribution in [-0.2, 0) is 10.0 Å². The molecular formula is C16H20N2O2S. The van der Waals surface area contributed by atoms with E-state index in [1.165, 1.54) is 0 Å². The lowest BCUT2D eigenvalue weighted by Crippen LogP contribution is -2.36. The number of rotatable bonds is 4. The van der Waals surface area contributed by atoms with Crippen LogP contribution in [0.15, 0.2) is 47.5 Å². The third-order valence-electron chi connectivity index (χ3n) is 4.18. The molecule has 1 saturated carbocycles. The molecule has 2 aromatic rings. The number of nitrogens with one attached hydrogen (secondary N) is 2. The molecule has 4 nitrogen and oxygen atoms in total. The minimum absolute atomic E-state index is 0.0325. The molecule has 0 unspecified atom stereocenters. The van der Waals surface area contributed by atoms with Crippen molar-refractivity contribution in [3.05, 3.63) is 53.9 Å². The highest BCUT2D eigenvalue weighted by Gasteiger charge is 2.32. The fourth-order valence-corrected chi connectivity index (χ4v) is 4.34. The standard InChI is InChI=1S/C16H20N2O2S/c1-12-7-9-13(10-8-12)21(19,20)18-16-5-2-4-14(16)15-6-3-11-17-15/h3,6-11,14,16-18H,2,4-5H2,1H3/t14-,16+/m0/s1. The summed E-state index contributed by atoms with van der Waals surface area (Å²) >= 11 is 0. The second kappa shape index (κ2) is 5.66. The van der Waals surface area contributed by atoms with Gasteiger partial charge < -0.3 is 4.98 Å². The van der Waals surface area contributed by atoms with Crippen LogP contribution in [0.25, 0.3) is 0 Å². The van der Waals surface area contributed by atoms with Gasteiger partial charge in [0.15, 0.2) is 0 Å². The van der Waals surface area contributed by atoms with Gasteiger partial charge in [0, 0.05) is 23.9 Å². The fourth-order valence-electron chi connectivity index (χ4n) is 3.03. The zero-order valence-corrected chi connectivity index (χ0v) is 12.9. The number of aromatic nitrogens is 1. The van der Waals surface area contributed by atoms with Crippen molar-refractivity contribution >= 4 is 10.0 Å². The predicted octanol–water partition coefficient (Wildman–Crippen LogP) is 2.94.